The van der Waals surface area contributed by atoms with Crippen LogP contribution in [0.1, 0.15) is 10.4 Å². The average molecular weight is 724 g/mol. The van der Waals surface area contributed by atoms with Crippen molar-refractivity contribution in [2.45, 2.75) is 0 Å². The maximum Gasteiger partial charge on any atom is 1.00 e. The minimum atomic E-state index is -1.35. The molecule has 0 spiro atoms. The molecule has 1 aliphatic carbocycles. The number of rotatable bonds is 2. The van der Waals surface area contributed by atoms with Gasteiger partial charge in [-0.25, -0.2) is 0 Å². The van der Waals surface area contributed by atoms with Gasteiger partial charge in [-0.1, -0.05) is 45.9 Å². The van der Waals surface area contributed by atoms with Gasteiger partial charge >= 0.3 is 103 Å². The molecule has 1 aliphatic heterocycles. The van der Waals surface area contributed by atoms with Gasteiger partial charge in [-0.05, 0) is 65.5 Å². The Morgan fingerprint density at radius 3 is 2.19 bits per heavy atom. The van der Waals surface area contributed by atoms with Crippen LogP contribution >= 0.6 is 63.7 Å². The van der Waals surface area contributed by atoms with E-state index in [4.69, 9.17) is 4.42 Å². The van der Waals surface area contributed by atoms with Crippen molar-refractivity contribution in [1.29, 1.82) is 0 Å². The van der Waals surface area contributed by atoms with E-state index >= 15 is 0 Å². The summed E-state index contributed by atoms with van der Waals surface area (Å²) < 4.78 is 6.80. The van der Waals surface area contributed by atoms with Crippen molar-refractivity contribution in [2.24, 2.45) is 0 Å². The van der Waals surface area contributed by atoms with Crippen LogP contribution in [0.3, 0.4) is 0 Å². The van der Waals surface area contributed by atoms with Crippen LogP contribution in [0, 0.1) is 0 Å². The van der Waals surface area contributed by atoms with Gasteiger partial charge in [0.25, 0.3) is 0 Å². The number of hydrogen-bond acceptors (Lipinski definition) is 5. The first-order valence-electron chi connectivity index (χ1n) is 7.96. The largest absolute Gasteiger partial charge is 1.00 e. The molecule has 1 heterocycles. The van der Waals surface area contributed by atoms with Gasteiger partial charge < -0.3 is 19.4 Å². The summed E-state index contributed by atoms with van der Waals surface area (Å²) in [7, 11) is 0. The van der Waals surface area contributed by atoms with Crippen LogP contribution in [0.15, 0.2) is 63.5 Å². The Kier molecular flexibility index (Phi) is 10.7. The normalized spacial score (nSPS) is 10.6. The Balaban J connectivity index is 0.00000171. The molecule has 31 heavy (non-hydrogen) atoms. The molecule has 2 aliphatic rings. The molecule has 0 N–H and O–H groups in total. The second-order valence-electron chi connectivity index (χ2n) is 6.07. The van der Waals surface area contributed by atoms with Crippen molar-refractivity contribution in [2.75, 3.05) is 0 Å². The van der Waals surface area contributed by atoms with E-state index in [9.17, 15) is 19.8 Å². The average Bonchev–Trinajstić information content (AvgIpc) is 2.69. The van der Waals surface area contributed by atoms with Crippen LogP contribution in [0.2, 0.25) is 0 Å². The van der Waals surface area contributed by atoms with Gasteiger partial charge in [0.15, 0.2) is 5.76 Å². The van der Waals surface area contributed by atoms with Crippen molar-refractivity contribution in [3.63, 3.8) is 0 Å². The zero-order chi connectivity index (χ0) is 21.0. The molecule has 4 rings (SSSR count). The number of carbonyl (C=O) groups excluding carboxylic acids is 1. The summed E-state index contributed by atoms with van der Waals surface area (Å²) in [6.45, 7) is 0. The van der Waals surface area contributed by atoms with E-state index in [1.54, 1.807) is 30.3 Å². The molecule has 0 saturated carbocycles. The predicted molar refractivity (Wildman–Crippen MR) is 119 cm³/mol. The fraction of sp³-hybridized carbons (Fsp3) is 0. The molecule has 0 bridgehead atoms. The Labute approximate surface area is 295 Å². The van der Waals surface area contributed by atoms with Crippen molar-refractivity contribution < 1.29 is 122 Å². The molecule has 146 valence electrons. The summed E-state index contributed by atoms with van der Waals surface area (Å²) in [5, 5.41) is 24.7. The standard InChI is InChI=1S/C20H8Br4O5.2K/c21-11-5-9-13(7-3-1-2-4-8(7)20(27)28)10-6-12(22)17(26)15(24)19(10)29-18(9)14(23)16(11)25;;/h1-6,25H,(H,27,28);;/q;2*+1/p-2. The van der Waals surface area contributed by atoms with E-state index in [2.05, 4.69) is 63.7 Å². The van der Waals surface area contributed by atoms with E-state index in [0.717, 1.165) is 0 Å². The van der Waals surface area contributed by atoms with Crippen molar-refractivity contribution >= 4 is 80.7 Å². The second kappa shape index (κ2) is 11.6. The second-order valence-corrected chi connectivity index (χ2v) is 9.36. The first kappa shape index (κ1) is 28.8. The van der Waals surface area contributed by atoms with E-state index < -0.39 is 5.97 Å². The number of carbonyl (C=O) groups is 1. The molecule has 2 aromatic rings. The molecule has 5 nitrogen and oxygen atoms in total. The van der Waals surface area contributed by atoms with Gasteiger partial charge in [0.2, 0.25) is 5.43 Å². The van der Waals surface area contributed by atoms with Crippen LogP contribution in [-0.2, 0) is 0 Å². The first-order chi connectivity index (χ1) is 13.7. The van der Waals surface area contributed by atoms with E-state index in [1.807, 2.05) is 0 Å². The zero-order valence-corrected chi connectivity index (χ0v) is 28.6. The van der Waals surface area contributed by atoms with Gasteiger partial charge in [0, 0.05) is 26.5 Å². The summed E-state index contributed by atoms with van der Waals surface area (Å²) in [6.07, 6.45) is 0. The smallest absolute Gasteiger partial charge is 0.871 e. The molecule has 0 radical (unpaired) electrons. The fourth-order valence-corrected chi connectivity index (χ4v) is 5.56. The number of hydrogen-bond donors (Lipinski definition) is 0. The van der Waals surface area contributed by atoms with Gasteiger partial charge in [-0.2, -0.15) is 0 Å². The van der Waals surface area contributed by atoms with Crippen LogP contribution < -0.4 is 118 Å². The summed E-state index contributed by atoms with van der Waals surface area (Å²) in [4.78, 5) is 24.2. The first-order valence-corrected chi connectivity index (χ1v) is 11.1. The number of carboxylic acids is 1. The van der Waals surface area contributed by atoms with Crippen LogP contribution in [0.5, 0.6) is 5.75 Å². The molecule has 2 aromatic carbocycles. The predicted octanol–water partition coefficient (Wildman–Crippen LogP) is -0.940. The number of benzene rings is 3. The fourth-order valence-electron chi connectivity index (χ4n) is 3.16. The molecule has 0 saturated heterocycles. The molecule has 0 aromatic heterocycles. The topological polar surface area (TPSA) is 93.4 Å². The Hall–Kier alpha value is 1.59. The molecule has 0 unspecified atom stereocenters. The third-order valence-electron chi connectivity index (χ3n) is 4.42. The molecule has 11 heteroatoms. The monoisotopic (exact) mass is 720 g/mol. The number of carboxylic acid groups (broad SMARTS) is 1. The number of halogens is 4. The Bertz CT molecular complexity index is 1370. The maximum atomic E-state index is 12.4. The van der Waals surface area contributed by atoms with Crippen LogP contribution in [0.25, 0.3) is 33.4 Å². The maximum absolute atomic E-state index is 12.4. The van der Waals surface area contributed by atoms with Crippen molar-refractivity contribution in [3.05, 3.63) is 70.1 Å². The number of fused-ring (bicyclic) bond motifs is 2. The van der Waals surface area contributed by atoms with Crippen LogP contribution in [0.4, 0.5) is 0 Å². The zero-order valence-electron chi connectivity index (χ0n) is 16.0. The van der Waals surface area contributed by atoms with Crippen LogP contribution in [-0.4, -0.2) is 5.97 Å². The molecule has 0 fully saturated rings. The summed E-state index contributed by atoms with van der Waals surface area (Å²) in [5.74, 6) is -1.49. The quantitative estimate of drug-likeness (QED) is 0.197. The van der Waals surface area contributed by atoms with Gasteiger partial charge in [0.05, 0.1) is 14.9 Å². The Morgan fingerprint density at radius 2 is 1.55 bits per heavy atom. The van der Waals surface area contributed by atoms with E-state index in [1.165, 1.54) is 6.07 Å². The summed E-state index contributed by atoms with van der Waals surface area (Å²) >= 11 is 13.0. The molecule has 0 amide bonds. The van der Waals surface area contributed by atoms with E-state index in [-0.39, 0.29) is 149 Å². The molecular weight excluding hydrogens is 718 g/mol. The van der Waals surface area contributed by atoms with E-state index in [0.29, 0.717) is 22.1 Å². The Morgan fingerprint density at radius 1 is 0.903 bits per heavy atom. The van der Waals surface area contributed by atoms with Gasteiger partial charge in [-0.3, -0.25) is 4.79 Å². The van der Waals surface area contributed by atoms with Crippen molar-refractivity contribution in [3.8, 4) is 28.2 Å². The third kappa shape index (κ3) is 5.25. The van der Waals surface area contributed by atoms with Gasteiger partial charge in [0.1, 0.15) is 10.1 Å². The molecular formula is C20H6Br4K2O5. The van der Waals surface area contributed by atoms with Gasteiger partial charge in [-0.15, -0.1) is 0 Å². The third-order valence-corrected chi connectivity index (χ3v) is 7.04. The SMILES string of the molecule is O=C([O-])c1ccccc1-c1c2cc(Br)c(=O)c(Br)c-2oc2c(Br)c([O-])c(Br)cc12.[K+].[K+]. The minimum absolute atomic E-state index is 0. The summed E-state index contributed by atoms with van der Waals surface area (Å²) in [5.41, 5.74) is 1.17. The minimum Gasteiger partial charge on any atom is -0.871 e. The summed E-state index contributed by atoms with van der Waals surface area (Å²) in [6, 6.07) is 9.50. The number of aromatic carboxylic acids is 1. The van der Waals surface area contributed by atoms with Crippen molar-refractivity contribution in [1.82, 2.24) is 0 Å². The molecule has 0 atom stereocenters.